The van der Waals surface area contributed by atoms with Gasteiger partial charge in [0.15, 0.2) is 11.5 Å². The minimum Gasteiger partial charge on any atom is -0.493 e. The highest BCUT2D eigenvalue weighted by atomic mass is 79.9. The molecule has 0 spiro atoms. The first-order valence-electron chi connectivity index (χ1n) is 5.94. The minimum absolute atomic E-state index is 0.294. The van der Waals surface area contributed by atoms with Crippen molar-refractivity contribution < 1.29 is 9.47 Å². The second-order valence-corrected chi connectivity index (χ2v) is 5.48. The summed E-state index contributed by atoms with van der Waals surface area (Å²) in [6.07, 6.45) is 0. The Labute approximate surface area is 136 Å². The molecule has 0 aliphatic rings. The van der Waals surface area contributed by atoms with Crippen LogP contribution in [0.2, 0.25) is 10.0 Å². The van der Waals surface area contributed by atoms with Crippen LogP contribution in [-0.2, 0) is 11.9 Å². The summed E-state index contributed by atoms with van der Waals surface area (Å²) in [6.45, 7) is 0.294. The van der Waals surface area contributed by atoms with Crippen molar-refractivity contribution in [1.82, 2.24) is 0 Å². The van der Waals surface area contributed by atoms with Gasteiger partial charge in [-0.3, -0.25) is 0 Å². The van der Waals surface area contributed by atoms with Crippen LogP contribution in [0.1, 0.15) is 11.1 Å². The average molecular weight is 376 g/mol. The van der Waals surface area contributed by atoms with Crippen LogP contribution in [0.25, 0.3) is 0 Å². The molecule has 0 saturated heterocycles. The normalized spacial score (nSPS) is 10.4. The zero-order chi connectivity index (χ0) is 14.5. The zero-order valence-corrected chi connectivity index (χ0v) is 13.9. The molecular weight excluding hydrogens is 363 g/mol. The van der Waals surface area contributed by atoms with E-state index in [1.807, 2.05) is 18.2 Å². The van der Waals surface area contributed by atoms with Crippen LogP contribution in [0, 0.1) is 0 Å². The van der Waals surface area contributed by atoms with E-state index in [0.717, 1.165) is 16.5 Å². The fraction of sp³-hybridized carbons (Fsp3) is 0.200. The van der Waals surface area contributed by atoms with Gasteiger partial charge in [0.2, 0.25) is 0 Å². The molecular formula is C15H13BrCl2O2. The summed E-state index contributed by atoms with van der Waals surface area (Å²) >= 11 is 15.6. The Morgan fingerprint density at radius 3 is 2.35 bits per heavy atom. The zero-order valence-electron chi connectivity index (χ0n) is 10.8. The molecule has 2 aromatic carbocycles. The van der Waals surface area contributed by atoms with Crippen molar-refractivity contribution in [2.75, 3.05) is 7.11 Å². The molecule has 0 bridgehead atoms. The standard InChI is InChI=1S/C15H13BrCl2O2/c1-19-15-7-10(8-16)5-6-14(15)20-9-11-12(17)3-2-4-13(11)18/h2-7H,8-9H2,1H3. The maximum Gasteiger partial charge on any atom is 0.161 e. The van der Waals surface area contributed by atoms with Crippen molar-refractivity contribution in [1.29, 1.82) is 0 Å². The average Bonchev–Trinajstić information content (AvgIpc) is 2.46. The first-order chi connectivity index (χ1) is 9.65. The monoisotopic (exact) mass is 374 g/mol. The van der Waals surface area contributed by atoms with Gasteiger partial charge in [-0.2, -0.15) is 0 Å². The largest absolute Gasteiger partial charge is 0.493 e. The van der Waals surface area contributed by atoms with E-state index in [4.69, 9.17) is 32.7 Å². The summed E-state index contributed by atoms with van der Waals surface area (Å²) in [4.78, 5) is 0. The number of methoxy groups -OCH3 is 1. The number of rotatable bonds is 5. The highest BCUT2D eigenvalue weighted by molar-refractivity contribution is 9.08. The third kappa shape index (κ3) is 3.60. The van der Waals surface area contributed by atoms with Gasteiger partial charge in [-0.15, -0.1) is 0 Å². The highest BCUT2D eigenvalue weighted by Gasteiger charge is 2.09. The molecule has 2 aromatic rings. The number of alkyl halides is 1. The van der Waals surface area contributed by atoms with Gasteiger partial charge >= 0.3 is 0 Å². The Hall–Kier alpha value is -0.900. The van der Waals surface area contributed by atoms with Gasteiger partial charge in [0.25, 0.3) is 0 Å². The summed E-state index contributed by atoms with van der Waals surface area (Å²) in [6, 6.07) is 11.2. The van der Waals surface area contributed by atoms with E-state index in [1.54, 1.807) is 25.3 Å². The molecule has 0 amide bonds. The molecule has 0 radical (unpaired) electrons. The maximum atomic E-state index is 6.12. The van der Waals surface area contributed by atoms with E-state index < -0.39 is 0 Å². The third-order valence-corrected chi connectivity index (χ3v) is 4.17. The van der Waals surface area contributed by atoms with Crippen molar-refractivity contribution in [2.24, 2.45) is 0 Å². The number of benzene rings is 2. The van der Waals surface area contributed by atoms with Crippen molar-refractivity contribution in [3.8, 4) is 11.5 Å². The summed E-state index contributed by atoms with van der Waals surface area (Å²) in [7, 11) is 1.61. The fourth-order valence-corrected chi connectivity index (χ4v) is 2.59. The van der Waals surface area contributed by atoms with Crippen molar-refractivity contribution in [3.05, 3.63) is 57.6 Å². The van der Waals surface area contributed by atoms with Gasteiger partial charge < -0.3 is 9.47 Å². The van der Waals surface area contributed by atoms with E-state index >= 15 is 0 Å². The van der Waals surface area contributed by atoms with Crippen LogP contribution in [0.5, 0.6) is 11.5 Å². The second-order valence-electron chi connectivity index (χ2n) is 4.11. The first kappa shape index (κ1) is 15.5. The summed E-state index contributed by atoms with van der Waals surface area (Å²) in [5.41, 5.74) is 1.88. The van der Waals surface area contributed by atoms with E-state index in [-0.39, 0.29) is 0 Å². The summed E-state index contributed by atoms with van der Waals surface area (Å²) in [5.74, 6) is 1.35. The highest BCUT2D eigenvalue weighted by Crippen LogP contribution is 2.31. The number of halogens is 3. The van der Waals surface area contributed by atoms with Crippen LogP contribution in [0.15, 0.2) is 36.4 Å². The van der Waals surface area contributed by atoms with E-state index in [1.165, 1.54) is 0 Å². The number of hydrogen-bond acceptors (Lipinski definition) is 2. The SMILES string of the molecule is COc1cc(CBr)ccc1OCc1c(Cl)cccc1Cl. The molecule has 0 aromatic heterocycles. The molecule has 0 N–H and O–H groups in total. The number of hydrogen-bond donors (Lipinski definition) is 0. The van der Waals surface area contributed by atoms with Gasteiger partial charge in [-0.1, -0.05) is 51.3 Å². The Morgan fingerprint density at radius 1 is 1.05 bits per heavy atom. The smallest absolute Gasteiger partial charge is 0.161 e. The molecule has 2 rings (SSSR count). The molecule has 0 unspecified atom stereocenters. The lowest BCUT2D eigenvalue weighted by atomic mass is 10.2. The topological polar surface area (TPSA) is 18.5 Å². The molecule has 0 heterocycles. The minimum atomic E-state index is 0.294. The van der Waals surface area contributed by atoms with Gasteiger partial charge in [0.05, 0.1) is 7.11 Å². The molecule has 5 heteroatoms. The molecule has 20 heavy (non-hydrogen) atoms. The van der Waals surface area contributed by atoms with Crippen molar-refractivity contribution >= 4 is 39.1 Å². The van der Waals surface area contributed by atoms with Gasteiger partial charge in [0, 0.05) is 20.9 Å². The molecule has 2 nitrogen and oxygen atoms in total. The molecule has 0 fully saturated rings. The predicted molar refractivity (Wildman–Crippen MR) is 86.4 cm³/mol. The lowest BCUT2D eigenvalue weighted by molar-refractivity contribution is 0.284. The Morgan fingerprint density at radius 2 is 1.75 bits per heavy atom. The molecule has 106 valence electrons. The number of ether oxygens (including phenoxy) is 2. The van der Waals surface area contributed by atoms with Crippen LogP contribution < -0.4 is 9.47 Å². The fourth-order valence-electron chi connectivity index (χ4n) is 1.73. The third-order valence-electron chi connectivity index (χ3n) is 2.82. The Balaban J connectivity index is 2.19. The molecule has 0 atom stereocenters. The molecule has 0 saturated carbocycles. The van der Waals surface area contributed by atoms with Crippen LogP contribution >= 0.6 is 39.1 Å². The Kier molecular flexibility index (Phi) is 5.58. The lowest BCUT2D eigenvalue weighted by Gasteiger charge is -2.13. The lowest BCUT2D eigenvalue weighted by Crippen LogP contribution is -1.99. The van der Waals surface area contributed by atoms with Gasteiger partial charge in [-0.25, -0.2) is 0 Å². The van der Waals surface area contributed by atoms with E-state index in [2.05, 4.69) is 15.9 Å². The second kappa shape index (κ2) is 7.21. The van der Waals surface area contributed by atoms with Crippen LogP contribution in [0.3, 0.4) is 0 Å². The van der Waals surface area contributed by atoms with Gasteiger partial charge in [-0.05, 0) is 29.8 Å². The molecule has 0 aliphatic heterocycles. The quantitative estimate of drug-likeness (QED) is 0.644. The Bertz CT molecular complexity index is 582. The summed E-state index contributed by atoms with van der Waals surface area (Å²) in [5, 5.41) is 1.95. The summed E-state index contributed by atoms with van der Waals surface area (Å²) < 4.78 is 11.1. The van der Waals surface area contributed by atoms with E-state index in [0.29, 0.717) is 28.2 Å². The van der Waals surface area contributed by atoms with Crippen LogP contribution in [0.4, 0.5) is 0 Å². The van der Waals surface area contributed by atoms with Crippen molar-refractivity contribution in [3.63, 3.8) is 0 Å². The first-order valence-corrected chi connectivity index (χ1v) is 7.82. The van der Waals surface area contributed by atoms with Crippen LogP contribution in [-0.4, -0.2) is 7.11 Å². The maximum absolute atomic E-state index is 6.12. The predicted octanol–water partition coefficient (Wildman–Crippen LogP) is 5.48. The van der Waals surface area contributed by atoms with Crippen molar-refractivity contribution in [2.45, 2.75) is 11.9 Å². The van der Waals surface area contributed by atoms with E-state index in [9.17, 15) is 0 Å². The van der Waals surface area contributed by atoms with Gasteiger partial charge in [0.1, 0.15) is 6.61 Å². The molecule has 0 aliphatic carbocycles.